The second kappa shape index (κ2) is 5.36. The SMILES string of the molecule is Cc1ccc(C#N)c(N2CCC(N(C)C)CC2)n1. The molecule has 96 valence electrons. The van der Waals surface area contributed by atoms with E-state index in [9.17, 15) is 0 Å². The molecule has 0 aliphatic carbocycles. The van der Waals surface area contributed by atoms with E-state index < -0.39 is 0 Å². The van der Waals surface area contributed by atoms with Crippen LogP contribution in [0.4, 0.5) is 5.82 Å². The summed E-state index contributed by atoms with van der Waals surface area (Å²) < 4.78 is 0. The average Bonchev–Trinajstić information content (AvgIpc) is 2.39. The lowest BCUT2D eigenvalue weighted by molar-refractivity contribution is 0.249. The van der Waals surface area contributed by atoms with E-state index in [2.05, 4.69) is 34.9 Å². The van der Waals surface area contributed by atoms with Gasteiger partial charge in [-0.15, -0.1) is 0 Å². The van der Waals surface area contributed by atoms with Crippen LogP contribution in [0.3, 0.4) is 0 Å². The molecule has 0 atom stereocenters. The van der Waals surface area contributed by atoms with Gasteiger partial charge < -0.3 is 9.80 Å². The Hall–Kier alpha value is -1.60. The highest BCUT2D eigenvalue weighted by Crippen LogP contribution is 2.23. The fourth-order valence-electron chi connectivity index (χ4n) is 2.47. The van der Waals surface area contributed by atoms with Gasteiger partial charge in [0.05, 0.1) is 5.56 Å². The van der Waals surface area contributed by atoms with Gasteiger partial charge in [0.2, 0.25) is 0 Å². The first kappa shape index (κ1) is 12.8. The first-order valence-electron chi connectivity index (χ1n) is 6.41. The monoisotopic (exact) mass is 244 g/mol. The minimum Gasteiger partial charge on any atom is -0.355 e. The molecule has 1 aromatic heterocycles. The van der Waals surface area contributed by atoms with Crippen molar-refractivity contribution in [3.05, 3.63) is 23.4 Å². The summed E-state index contributed by atoms with van der Waals surface area (Å²) in [4.78, 5) is 9.05. The van der Waals surface area contributed by atoms with Gasteiger partial charge in [-0.3, -0.25) is 0 Å². The average molecular weight is 244 g/mol. The lowest BCUT2D eigenvalue weighted by Crippen LogP contribution is -2.42. The number of nitriles is 1. The minimum atomic E-state index is 0.650. The molecule has 1 aliphatic heterocycles. The first-order valence-corrected chi connectivity index (χ1v) is 6.41. The smallest absolute Gasteiger partial charge is 0.146 e. The molecule has 0 spiro atoms. The number of rotatable bonds is 2. The molecule has 0 amide bonds. The Balaban J connectivity index is 2.14. The summed E-state index contributed by atoms with van der Waals surface area (Å²) in [7, 11) is 4.26. The van der Waals surface area contributed by atoms with Gasteiger partial charge in [0.25, 0.3) is 0 Å². The van der Waals surface area contributed by atoms with Gasteiger partial charge >= 0.3 is 0 Å². The van der Waals surface area contributed by atoms with Crippen molar-refractivity contribution < 1.29 is 0 Å². The molecule has 0 aromatic carbocycles. The molecule has 1 saturated heterocycles. The lowest BCUT2D eigenvalue weighted by atomic mass is 10.0. The Labute approximate surface area is 109 Å². The van der Waals surface area contributed by atoms with Crippen LogP contribution >= 0.6 is 0 Å². The Morgan fingerprint density at radius 2 is 2.00 bits per heavy atom. The number of pyridine rings is 1. The minimum absolute atomic E-state index is 0.650. The van der Waals surface area contributed by atoms with Gasteiger partial charge in [-0.25, -0.2) is 4.98 Å². The highest BCUT2D eigenvalue weighted by molar-refractivity contribution is 5.54. The zero-order valence-corrected chi connectivity index (χ0v) is 11.3. The van der Waals surface area contributed by atoms with E-state index in [0.717, 1.165) is 37.4 Å². The van der Waals surface area contributed by atoms with E-state index in [1.54, 1.807) is 0 Å². The molecule has 0 radical (unpaired) electrons. The van der Waals surface area contributed by atoms with Crippen molar-refractivity contribution in [3.8, 4) is 6.07 Å². The number of hydrogen-bond acceptors (Lipinski definition) is 4. The van der Waals surface area contributed by atoms with Crippen LogP contribution in [0.25, 0.3) is 0 Å². The highest BCUT2D eigenvalue weighted by Gasteiger charge is 2.23. The van der Waals surface area contributed by atoms with Crippen LogP contribution in [0.5, 0.6) is 0 Å². The zero-order chi connectivity index (χ0) is 13.1. The predicted octanol–water partition coefficient (Wildman–Crippen LogP) is 1.79. The summed E-state index contributed by atoms with van der Waals surface area (Å²) in [5, 5.41) is 9.16. The number of aryl methyl sites for hydroxylation is 1. The highest BCUT2D eigenvalue weighted by atomic mass is 15.2. The molecule has 0 unspecified atom stereocenters. The van der Waals surface area contributed by atoms with Crippen molar-refractivity contribution in [3.63, 3.8) is 0 Å². The Morgan fingerprint density at radius 1 is 1.33 bits per heavy atom. The summed E-state index contributed by atoms with van der Waals surface area (Å²) in [6, 6.07) is 6.66. The summed E-state index contributed by atoms with van der Waals surface area (Å²) in [6.07, 6.45) is 2.26. The molecule has 18 heavy (non-hydrogen) atoms. The molecular formula is C14H20N4. The number of nitrogens with zero attached hydrogens (tertiary/aromatic N) is 4. The number of anilines is 1. The van der Waals surface area contributed by atoms with Crippen molar-refractivity contribution >= 4 is 5.82 Å². The molecule has 1 fully saturated rings. The second-order valence-corrected chi connectivity index (χ2v) is 5.12. The van der Waals surface area contributed by atoms with Crippen LogP contribution in [0.2, 0.25) is 0 Å². The molecule has 1 aliphatic rings. The van der Waals surface area contributed by atoms with E-state index >= 15 is 0 Å². The van der Waals surface area contributed by atoms with E-state index in [1.165, 1.54) is 0 Å². The van der Waals surface area contributed by atoms with Crippen molar-refractivity contribution in [1.29, 1.82) is 5.26 Å². The van der Waals surface area contributed by atoms with Crippen molar-refractivity contribution in [2.24, 2.45) is 0 Å². The van der Waals surface area contributed by atoms with E-state index in [4.69, 9.17) is 5.26 Å². The van der Waals surface area contributed by atoms with Crippen LogP contribution in [0, 0.1) is 18.3 Å². The third-order valence-corrected chi connectivity index (χ3v) is 3.63. The van der Waals surface area contributed by atoms with Crippen LogP contribution in [0.1, 0.15) is 24.1 Å². The van der Waals surface area contributed by atoms with Crippen LogP contribution in [-0.2, 0) is 0 Å². The fourth-order valence-corrected chi connectivity index (χ4v) is 2.47. The van der Waals surface area contributed by atoms with Crippen molar-refractivity contribution in [2.75, 3.05) is 32.1 Å². The van der Waals surface area contributed by atoms with Gasteiger partial charge in [0.1, 0.15) is 11.9 Å². The van der Waals surface area contributed by atoms with Gasteiger partial charge in [0, 0.05) is 24.8 Å². The summed E-state index contributed by atoms with van der Waals surface area (Å²) in [5.74, 6) is 0.856. The molecule has 1 aromatic rings. The molecule has 0 N–H and O–H groups in total. The topological polar surface area (TPSA) is 43.2 Å². The van der Waals surface area contributed by atoms with Crippen LogP contribution < -0.4 is 4.90 Å². The van der Waals surface area contributed by atoms with Crippen molar-refractivity contribution in [1.82, 2.24) is 9.88 Å². The normalized spacial score (nSPS) is 16.9. The van der Waals surface area contributed by atoms with Gasteiger partial charge in [-0.1, -0.05) is 0 Å². The summed E-state index contributed by atoms with van der Waals surface area (Å²) >= 11 is 0. The molecule has 4 heteroatoms. The standard InChI is InChI=1S/C14H20N4/c1-11-4-5-12(10-15)14(16-11)18-8-6-13(7-9-18)17(2)3/h4-5,13H,6-9H2,1-3H3. The van der Waals surface area contributed by atoms with Crippen LogP contribution in [0.15, 0.2) is 12.1 Å². The second-order valence-electron chi connectivity index (χ2n) is 5.12. The lowest BCUT2D eigenvalue weighted by Gasteiger charge is -2.36. The van der Waals surface area contributed by atoms with E-state index in [-0.39, 0.29) is 0 Å². The van der Waals surface area contributed by atoms with Gasteiger partial charge in [-0.05, 0) is 46.0 Å². The maximum absolute atomic E-state index is 9.16. The van der Waals surface area contributed by atoms with E-state index in [0.29, 0.717) is 11.6 Å². The van der Waals surface area contributed by atoms with Crippen LogP contribution in [-0.4, -0.2) is 43.1 Å². The van der Waals surface area contributed by atoms with Gasteiger partial charge in [-0.2, -0.15) is 5.26 Å². The first-order chi connectivity index (χ1) is 8.61. The Bertz CT molecular complexity index is 453. The third-order valence-electron chi connectivity index (χ3n) is 3.63. The Morgan fingerprint density at radius 3 is 2.56 bits per heavy atom. The molecular weight excluding hydrogens is 224 g/mol. The maximum atomic E-state index is 9.16. The largest absolute Gasteiger partial charge is 0.355 e. The summed E-state index contributed by atoms with van der Waals surface area (Å²) in [5.41, 5.74) is 1.66. The number of aromatic nitrogens is 1. The van der Waals surface area contributed by atoms with Gasteiger partial charge in [0.15, 0.2) is 0 Å². The third kappa shape index (κ3) is 2.62. The maximum Gasteiger partial charge on any atom is 0.146 e. The number of hydrogen-bond donors (Lipinski definition) is 0. The molecule has 0 saturated carbocycles. The van der Waals surface area contributed by atoms with Crippen molar-refractivity contribution in [2.45, 2.75) is 25.8 Å². The molecule has 2 heterocycles. The molecule has 0 bridgehead atoms. The zero-order valence-electron chi connectivity index (χ0n) is 11.3. The molecule has 4 nitrogen and oxygen atoms in total. The van der Waals surface area contributed by atoms with E-state index in [1.807, 2.05) is 19.1 Å². The molecule has 2 rings (SSSR count). The fraction of sp³-hybridized carbons (Fsp3) is 0.571. The number of piperidine rings is 1. The summed E-state index contributed by atoms with van der Waals surface area (Å²) in [6.45, 7) is 3.93. The quantitative estimate of drug-likeness (QED) is 0.795. The predicted molar refractivity (Wildman–Crippen MR) is 72.6 cm³/mol. The Kier molecular flexibility index (Phi) is 3.83.